The van der Waals surface area contributed by atoms with Gasteiger partial charge in [0.1, 0.15) is 0 Å². The van der Waals surface area contributed by atoms with Crippen molar-refractivity contribution in [3.8, 4) is 0 Å². The SMILES string of the molecule is O=[N+]([O-])c1cccc(SSc2cccs2)c1. The summed E-state index contributed by atoms with van der Waals surface area (Å²) in [6.07, 6.45) is 0. The van der Waals surface area contributed by atoms with Gasteiger partial charge in [0.25, 0.3) is 5.69 Å². The Bertz CT molecular complexity index is 485. The fourth-order valence-corrected chi connectivity index (χ4v) is 4.11. The van der Waals surface area contributed by atoms with Crippen molar-refractivity contribution in [2.45, 2.75) is 9.10 Å². The molecule has 16 heavy (non-hydrogen) atoms. The highest BCUT2D eigenvalue weighted by molar-refractivity contribution is 8.77. The molecule has 0 bridgehead atoms. The third-order valence-electron chi connectivity index (χ3n) is 1.74. The maximum Gasteiger partial charge on any atom is 0.270 e. The summed E-state index contributed by atoms with van der Waals surface area (Å²) in [5.41, 5.74) is 0.136. The molecular weight excluding hydrogens is 262 g/mol. The number of rotatable bonds is 4. The monoisotopic (exact) mass is 269 g/mol. The van der Waals surface area contributed by atoms with Crippen LogP contribution in [0.1, 0.15) is 0 Å². The van der Waals surface area contributed by atoms with Crippen LogP contribution in [0.5, 0.6) is 0 Å². The van der Waals surface area contributed by atoms with Gasteiger partial charge in [-0.15, -0.1) is 11.3 Å². The van der Waals surface area contributed by atoms with Gasteiger partial charge >= 0.3 is 0 Å². The first-order chi connectivity index (χ1) is 7.75. The molecule has 2 aromatic rings. The van der Waals surface area contributed by atoms with Gasteiger partial charge in [-0.1, -0.05) is 22.9 Å². The molecule has 0 saturated heterocycles. The lowest BCUT2D eigenvalue weighted by Crippen LogP contribution is -1.86. The van der Waals surface area contributed by atoms with Crippen LogP contribution in [0.15, 0.2) is 50.9 Å². The van der Waals surface area contributed by atoms with Gasteiger partial charge in [0, 0.05) is 17.0 Å². The fourth-order valence-electron chi connectivity index (χ4n) is 1.05. The molecule has 0 aliphatic carbocycles. The van der Waals surface area contributed by atoms with Gasteiger partial charge in [-0.2, -0.15) is 0 Å². The van der Waals surface area contributed by atoms with E-state index >= 15 is 0 Å². The molecule has 6 heteroatoms. The smallest absolute Gasteiger partial charge is 0.258 e. The summed E-state index contributed by atoms with van der Waals surface area (Å²) in [6.45, 7) is 0. The van der Waals surface area contributed by atoms with Crippen molar-refractivity contribution >= 4 is 38.6 Å². The summed E-state index contributed by atoms with van der Waals surface area (Å²) in [5.74, 6) is 0. The molecule has 0 saturated carbocycles. The van der Waals surface area contributed by atoms with Gasteiger partial charge in [0.05, 0.1) is 9.13 Å². The van der Waals surface area contributed by atoms with Crippen molar-refractivity contribution in [1.82, 2.24) is 0 Å². The molecule has 0 N–H and O–H groups in total. The summed E-state index contributed by atoms with van der Waals surface area (Å²) in [6, 6.07) is 10.7. The standard InChI is InChI=1S/C10H7NO2S3/c12-11(13)8-3-1-4-9(7-8)15-16-10-5-2-6-14-10/h1-7H. The van der Waals surface area contributed by atoms with E-state index in [9.17, 15) is 10.1 Å². The number of nitro benzene ring substituents is 1. The Morgan fingerprint density at radius 3 is 2.75 bits per heavy atom. The molecule has 82 valence electrons. The summed E-state index contributed by atoms with van der Waals surface area (Å²) in [5, 5.41) is 12.6. The van der Waals surface area contributed by atoms with E-state index in [4.69, 9.17) is 0 Å². The molecule has 0 amide bonds. The maximum absolute atomic E-state index is 10.6. The Kier molecular flexibility index (Phi) is 3.87. The second kappa shape index (κ2) is 5.38. The first-order valence-corrected chi connectivity index (χ1v) is 7.41. The summed E-state index contributed by atoms with van der Waals surface area (Å²) >= 11 is 1.66. The molecule has 0 aliphatic rings. The third-order valence-corrected chi connectivity index (χ3v) is 5.46. The largest absolute Gasteiger partial charge is 0.270 e. The first-order valence-electron chi connectivity index (χ1n) is 4.38. The fraction of sp³-hybridized carbons (Fsp3) is 0. The lowest BCUT2D eigenvalue weighted by Gasteiger charge is -1.98. The average Bonchev–Trinajstić information content (AvgIpc) is 2.79. The molecule has 3 nitrogen and oxygen atoms in total. The molecule has 0 aliphatic heterocycles. The van der Waals surface area contributed by atoms with E-state index in [1.54, 1.807) is 34.3 Å². The van der Waals surface area contributed by atoms with E-state index in [1.807, 2.05) is 23.6 Å². The Hall–Kier alpha value is -0.980. The predicted octanol–water partition coefficient (Wildman–Crippen LogP) is 4.46. The molecule has 0 atom stereocenters. The lowest BCUT2D eigenvalue weighted by molar-refractivity contribution is -0.385. The van der Waals surface area contributed by atoms with Gasteiger partial charge in [-0.25, -0.2) is 0 Å². The van der Waals surface area contributed by atoms with Crippen molar-refractivity contribution < 1.29 is 4.92 Å². The van der Waals surface area contributed by atoms with Crippen molar-refractivity contribution in [2.24, 2.45) is 0 Å². The van der Waals surface area contributed by atoms with Gasteiger partial charge in [0.15, 0.2) is 0 Å². The highest BCUT2D eigenvalue weighted by Gasteiger charge is 2.06. The molecule has 0 fully saturated rings. The second-order valence-electron chi connectivity index (χ2n) is 2.85. The van der Waals surface area contributed by atoms with Crippen LogP contribution in [-0.2, 0) is 0 Å². The van der Waals surface area contributed by atoms with Crippen LogP contribution in [0.2, 0.25) is 0 Å². The Balaban J connectivity index is 2.04. The van der Waals surface area contributed by atoms with Crippen LogP contribution in [-0.4, -0.2) is 4.92 Å². The number of non-ortho nitro benzene ring substituents is 1. The van der Waals surface area contributed by atoms with Crippen LogP contribution < -0.4 is 0 Å². The number of thiophene rings is 1. The van der Waals surface area contributed by atoms with Gasteiger partial charge in [-0.05, 0) is 28.3 Å². The number of nitro groups is 1. The zero-order valence-corrected chi connectivity index (χ0v) is 10.5. The van der Waals surface area contributed by atoms with Crippen LogP contribution in [0, 0.1) is 10.1 Å². The molecule has 2 rings (SSSR count). The van der Waals surface area contributed by atoms with E-state index in [-0.39, 0.29) is 10.6 Å². The average molecular weight is 269 g/mol. The minimum absolute atomic E-state index is 0.136. The Labute approximate surface area is 104 Å². The molecule has 0 radical (unpaired) electrons. The molecule has 1 aromatic carbocycles. The third kappa shape index (κ3) is 3.01. The van der Waals surface area contributed by atoms with Crippen molar-refractivity contribution in [3.63, 3.8) is 0 Å². The van der Waals surface area contributed by atoms with Crippen molar-refractivity contribution in [1.29, 1.82) is 0 Å². The summed E-state index contributed by atoms with van der Waals surface area (Å²) in [7, 11) is 3.15. The molecule has 0 unspecified atom stereocenters. The Morgan fingerprint density at radius 1 is 1.19 bits per heavy atom. The number of nitrogens with zero attached hydrogens (tertiary/aromatic N) is 1. The van der Waals surface area contributed by atoms with E-state index in [0.717, 1.165) is 4.90 Å². The topological polar surface area (TPSA) is 43.1 Å². The van der Waals surface area contributed by atoms with Gasteiger partial charge in [-0.3, -0.25) is 10.1 Å². The lowest BCUT2D eigenvalue weighted by atomic mass is 10.3. The number of hydrogen-bond acceptors (Lipinski definition) is 5. The number of benzene rings is 1. The minimum Gasteiger partial charge on any atom is -0.258 e. The van der Waals surface area contributed by atoms with Crippen LogP contribution in [0.25, 0.3) is 0 Å². The molecule has 0 spiro atoms. The first kappa shape index (κ1) is 11.5. The zero-order chi connectivity index (χ0) is 11.4. The second-order valence-corrected chi connectivity index (χ2v) is 6.30. The normalized spacial score (nSPS) is 10.2. The highest BCUT2D eigenvalue weighted by atomic mass is 33.1. The minimum atomic E-state index is -0.375. The van der Waals surface area contributed by atoms with Gasteiger partial charge < -0.3 is 0 Å². The summed E-state index contributed by atoms with van der Waals surface area (Å²) in [4.78, 5) is 11.1. The van der Waals surface area contributed by atoms with E-state index < -0.39 is 0 Å². The Morgan fingerprint density at radius 2 is 2.06 bits per heavy atom. The molecular formula is C10H7NO2S3. The van der Waals surface area contributed by atoms with E-state index in [1.165, 1.54) is 21.1 Å². The molecule has 1 heterocycles. The van der Waals surface area contributed by atoms with Crippen molar-refractivity contribution in [2.75, 3.05) is 0 Å². The van der Waals surface area contributed by atoms with Crippen LogP contribution in [0.3, 0.4) is 0 Å². The highest BCUT2D eigenvalue weighted by Crippen LogP contribution is 2.40. The number of hydrogen-bond donors (Lipinski definition) is 0. The van der Waals surface area contributed by atoms with Crippen LogP contribution in [0.4, 0.5) is 5.69 Å². The van der Waals surface area contributed by atoms with Crippen LogP contribution >= 0.6 is 32.9 Å². The predicted molar refractivity (Wildman–Crippen MR) is 69.1 cm³/mol. The quantitative estimate of drug-likeness (QED) is 0.467. The summed E-state index contributed by atoms with van der Waals surface area (Å²) < 4.78 is 1.19. The van der Waals surface area contributed by atoms with Gasteiger partial charge in [0.2, 0.25) is 0 Å². The van der Waals surface area contributed by atoms with E-state index in [0.29, 0.717) is 0 Å². The maximum atomic E-state index is 10.6. The van der Waals surface area contributed by atoms with Crippen molar-refractivity contribution in [3.05, 3.63) is 51.9 Å². The molecule has 1 aromatic heterocycles. The zero-order valence-electron chi connectivity index (χ0n) is 8.03. The van der Waals surface area contributed by atoms with E-state index in [2.05, 4.69) is 0 Å².